The summed E-state index contributed by atoms with van der Waals surface area (Å²) in [6, 6.07) is 19.5. The number of benzene rings is 3. The van der Waals surface area contributed by atoms with Gasteiger partial charge in [0.05, 0.1) is 17.7 Å². The van der Waals surface area contributed by atoms with Crippen LogP contribution in [0.1, 0.15) is 16.7 Å². The van der Waals surface area contributed by atoms with Crippen molar-refractivity contribution in [2.24, 2.45) is 4.99 Å². The Balaban J connectivity index is 1.53. The lowest BCUT2D eigenvalue weighted by Gasteiger charge is -2.13. The van der Waals surface area contributed by atoms with Crippen molar-refractivity contribution in [3.63, 3.8) is 0 Å². The lowest BCUT2D eigenvalue weighted by molar-refractivity contribution is -0.115. The molecule has 8 heteroatoms. The Morgan fingerprint density at radius 1 is 1.03 bits per heavy atom. The van der Waals surface area contributed by atoms with Crippen LogP contribution >= 0.6 is 43.6 Å². The second kappa shape index (κ2) is 10.6. The highest BCUT2D eigenvalue weighted by molar-refractivity contribution is 9.10. The molecule has 1 fully saturated rings. The molecule has 1 N–H and O–H groups in total. The summed E-state index contributed by atoms with van der Waals surface area (Å²) < 4.78 is 13.3. The summed E-state index contributed by atoms with van der Waals surface area (Å²) >= 11 is 8.33. The molecular weight excluding hydrogens is 568 g/mol. The van der Waals surface area contributed by atoms with Crippen molar-refractivity contribution in [2.75, 3.05) is 7.11 Å². The molecule has 0 radical (unpaired) electrons. The lowest BCUT2D eigenvalue weighted by Crippen LogP contribution is -2.19. The SMILES string of the molecule is COc1cc(/C=C2/SC(=Nc3ccc(C)cc3)NC2=O)c(Br)cc1OCc1ccc(Br)cc1. The summed E-state index contributed by atoms with van der Waals surface area (Å²) in [7, 11) is 1.59. The van der Waals surface area contributed by atoms with Gasteiger partial charge in [-0.25, -0.2) is 4.99 Å². The zero-order valence-electron chi connectivity index (χ0n) is 17.9. The van der Waals surface area contributed by atoms with Crippen molar-refractivity contribution in [3.05, 3.63) is 91.2 Å². The van der Waals surface area contributed by atoms with E-state index in [0.29, 0.717) is 28.2 Å². The van der Waals surface area contributed by atoms with Crippen LogP contribution in [-0.4, -0.2) is 18.2 Å². The fourth-order valence-electron chi connectivity index (χ4n) is 3.03. The van der Waals surface area contributed by atoms with Gasteiger partial charge in [0, 0.05) is 8.95 Å². The smallest absolute Gasteiger partial charge is 0.264 e. The molecule has 5 nitrogen and oxygen atoms in total. The fraction of sp³-hybridized carbons (Fsp3) is 0.120. The average molecular weight is 588 g/mol. The summed E-state index contributed by atoms with van der Waals surface area (Å²) in [6.45, 7) is 2.43. The predicted molar refractivity (Wildman–Crippen MR) is 141 cm³/mol. The van der Waals surface area contributed by atoms with E-state index in [4.69, 9.17) is 9.47 Å². The maximum Gasteiger partial charge on any atom is 0.264 e. The maximum atomic E-state index is 12.5. The summed E-state index contributed by atoms with van der Waals surface area (Å²) in [5.41, 5.74) is 3.80. The topological polar surface area (TPSA) is 59.9 Å². The second-order valence-corrected chi connectivity index (χ2v) is 10.1. The Morgan fingerprint density at radius 2 is 1.76 bits per heavy atom. The Kier molecular flexibility index (Phi) is 7.57. The Labute approximate surface area is 213 Å². The van der Waals surface area contributed by atoms with E-state index in [0.717, 1.165) is 31.3 Å². The molecule has 1 amide bonds. The second-order valence-electron chi connectivity index (χ2n) is 7.26. The van der Waals surface area contributed by atoms with Crippen LogP contribution in [0.4, 0.5) is 5.69 Å². The molecular formula is C25H20Br2N2O3S. The third-order valence-electron chi connectivity index (χ3n) is 4.79. The standard InChI is InChI=1S/C25H20Br2N2O3S/c1-15-3-9-19(10-4-15)28-25-29-24(30)23(33-25)12-17-11-21(31-2)22(13-20(17)27)32-14-16-5-7-18(26)8-6-16/h3-13H,14H2,1-2H3,(H,28,29,30)/b23-12+. The number of aliphatic imine (C=N–C) groups is 1. The van der Waals surface area contributed by atoms with Crippen molar-refractivity contribution in [1.29, 1.82) is 0 Å². The predicted octanol–water partition coefficient (Wildman–Crippen LogP) is 7.00. The normalized spacial score (nSPS) is 15.7. The van der Waals surface area contributed by atoms with E-state index >= 15 is 0 Å². The molecule has 1 saturated heterocycles. The quantitative estimate of drug-likeness (QED) is 0.315. The van der Waals surface area contributed by atoms with Crippen molar-refractivity contribution in [3.8, 4) is 11.5 Å². The highest BCUT2D eigenvalue weighted by atomic mass is 79.9. The van der Waals surface area contributed by atoms with E-state index < -0.39 is 0 Å². The molecule has 0 spiro atoms. The molecule has 3 aromatic rings. The van der Waals surface area contributed by atoms with E-state index in [1.807, 2.05) is 73.7 Å². The van der Waals surface area contributed by atoms with Crippen LogP contribution in [0.15, 0.2) is 79.5 Å². The molecule has 1 aliphatic heterocycles. The molecule has 0 unspecified atom stereocenters. The molecule has 0 aliphatic carbocycles. The van der Waals surface area contributed by atoms with E-state index in [9.17, 15) is 4.79 Å². The van der Waals surface area contributed by atoms with Gasteiger partial charge in [0.25, 0.3) is 5.91 Å². The Bertz CT molecular complexity index is 1240. The van der Waals surface area contributed by atoms with Gasteiger partial charge in [-0.1, -0.05) is 61.7 Å². The molecule has 0 saturated carbocycles. The van der Waals surface area contributed by atoms with Crippen LogP contribution < -0.4 is 14.8 Å². The summed E-state index contributed by atoms with van der Waals surface area (Å²) in [5.74, 6) is 1.01. The van der Waals surface area contributed by atoms with Crippen LogP contribution in [0.3, 0.4) is 0 Å². The third-order valence-corrected chi connectivity index (χ3v) is 6.92. The number of hydrogen-bond acceptors (Lipinski definition) is 5. The first-order valence-electron chi connectivity index (χ1n) is 10.0. The van der Waals surface area contributed by atoms with Crippen LogP contribution in [0.2, 0.25) is 0 Å². The number of hydrogen-bond donors (Lipinski definition) is 1. The number of nitrogens with zero attached hydrogens (tertiary/aromatic N) is 1. The largest absolute Gasteiger partial charge is 0.493 e. The molecule has 0 aromatic heterocycles. The average Bonchev–Trinajstić information content (AvgIpc) is 3.14. The number of methoxy groups -OCH3 is 1. The van der Waals surface area contributed by atoms with Gasteiger partial charge in [0.2, 0.25) is 0 Å². The molecule has 168 valence electrons. The first kappa shape index (κ1) is 23.6. The van der Waals surface area contributed by atoms with Crippen LogP contribution in [-0.2, 0) is 11.4 Å². The summed E-state index contributed by atoms with van der Waals surface area (Å²) in [4.78, 5) is 17.6. The fourth-order valence-corrected chi connectivity index (χ4v) is 4.57. The van der Waals surface area contributed by atoms with E-state index in [-0.39, 0.29) is 5.91 Å². The maximum absolute atomic E-state index is 12.5. The van der Waals surface area contributed by atoms with Crippen LogP contribution in [0, 0.1) is 6.92 Å². The number of amides is 1. The van der Waals surface area contributed by atoms with Gasteiger partial charge in [-0.3, -0.25) is 4.79 Å². The van der Waals surface area contributed by atoms with Gasteiger partial charge in [-0.05, 0) is 72.3 Å². The minimum Gasteiger partial charge on any atom is -0.493 e. The first-order valence-corrected chi connectivity index (χ1v) is 12.4. The van der Waals surface area contributed by atoms with Gasteiger partial charge in [-0.2, -0.15) is 0 Å². The number of amidine groups is 1. The van der Waals surface area contributed by atoms with Gasteiger partial charge >= 0.3 is 0 Å². The van der Waals surface area contributed by atoms with Crippen molar-refractivity contribution >= 4 is 66.5 Å². The number of nitrogens with one attached hydrogen (secondary N) is 1. The van der Waals surface area contributed by atoms with E-state index in [2.05, 4.69) is 42.2 Å². The van der Waals surface area contributed by atoms with E-state index in [1.54, 1.807) is 7.11 Å². The highest BCUT2D eigenvalue weighted by Crippen LogP contribution is 2.37. The number of aryl methyl sites for hydroxylation is 1. The number of thioether (sulfide) groups is 1. The zero-order valence-corrected chi connectivity index (χ0v) is 21.9. The van der Waals surface area contributed by atoms with Gasteiger partial charge < -0.3 is 14.8 Å². The molecule has 3 aromatic carbocycles. The zero-order chi connectivity index (χ0) is 23.4. The number of carbonyl (C=O) groups excluding carboxylic acids is 1. The molecule has 4 rings (SSSR count). The Morgan fingerprint density at radius 3 is 2.45 bits per heavy atom. The van der Waals surface area contributed by atoms with Gasteiger partial charge in [0.1, 0.15) is 6.61 Å². The number of rotatable bonds is 6. The first-order chi connectivity index (χ1) is 15.9. The van der Waals surface area contributed by atoms with Crippen molar-refractivity contribution in [2.45, 2.75) is 13.5 Å². The number of halogens is 2. The minimum atomic E-state index is -0.188. The summed E-state index contributed by atoms with van der Waals surface area (Å²) in [6.07, 6.45) is 1.81. The van der Waals surface area contributed by atoms with Gasteiger partial charge in [-0.15, -0.1) is 0 Å². The third kappa shape index (κ3) is 6.07. The molecule has 1 aliphatic rings. The minimum absolute atomic E-state index is 0.188. The van der Waals surface area contributed by atoms with Crippen molar-refractivity contribution in [1.82, 2.24) is 5.32 Å². The number of ether oxygens (including phenoxy) is 2. The lowest BCUT2D eigenvalue weighted by atomic mass is 10.2. The molecule has 0 atom stereocenters. The molecule has 1 heterocycles. The van der Waals surface area contributed by atoms with Gasteiger partial charge in [0.15, 0.2) is 16.7 Å². The number of carbonyl (C=O) groups is 1. The highest BCUT2D eigenvalue weighted by Gasteiger charge is 2.24. The Hall–Kier alpha value is -2.55. The van der Waals surface area contributed by atoms with Crippen molar-refractivity contribution < 1.29 is 14.3 Å². The van der Waals surface area contributed by atoms with E-state index in [1.165, 1.54) is 11.8 Å². The van der Waals surface area contributed by atoms with Crippen LogP contribution in [0.25, 0.3) is 6.08 Å². The van der Waals surface area contributed by atoms with Crippen LogP contribution in [0.5, 0.6) is 11.5 Å². The molecule has 0 bridgehead atoms. The molecule has 33 heavy (non-hydrogen) atoms. The monoisotopic (exact) mass is 586 g/mol. The summed E-state index contributed by atoms with van der Waals surface area (Å²) in [5, 5.41) is 3.37.